The molecule has 0 saturated carbocycles. The minimum atomic E-state index is -3.74. The molecule has 14 heteroatoms. The van der Waals surface area contributed by atoms with Crippen LogP contribution in [0.25, 0.3) is 0 Å². The van der Waals surface area contributed by atoms with Crippen LogP contribution >= 0.6 is 0 Å². The van der Waals surface area contributed by atoms with Gasteiger partial charge in [0, 0.05) is 44.2 Å². The first-order valence-corrected chi connectivity index (χ1v) is 19.7. The van der Waals surface area contributed by atoms with Gasteiger partial charge >= 0.3 is 0 Å². The quantitative estimate of drug-likeness (QED) is 0.192. The summed E-state index contributed by atoms with van der Waals surface area (Å²) in [6, 6.07) is 11.7. The SMILES string of the molecule is CC(C)CC(NC(=O)c1cc(C(=O)NC(C)c2ccccc2)cc(N(C)S(C)(=O)=O)c1)C(O)CC(C)C(=O)NC(C(=O)N(C)C1CN(C)C1)C(C)C. The normalized spacial score (nSPS) is 16.6. The molecule has 4 N–H and O–H groups in total. The minimum Gasteiger partial charge on any atom is -0.391 e. The zero-order chi connectivity index (χ0) is 39.1. The highest BCUT2D eigenvalue weighted by Crippen LogP contribution is 2.24. The molecule has 13 nitrogen and oxygen atoms in total. The van der Waals surface area contributed by atoms with Crippen molar-refractivity contribution in [1.82, 2.24) is 25.8 Å². The van der Waals surface area contributed by atoms with Crippen LogP contribution in [0.1, 0.15) is 86.7 Å². The number of nitrogens with zero attached hydrogens (tertiary/aromatic N) is 3. The predicted molar refractivity (Wildman–Crippen MR) is 203 cm³/mol. The van der Waals surface area contributed by atoms with Gasteiger partial charge in [0.05, 0.1) is 36.2 Å². The standard InChI is InChI=1S/C38H58N6O7S/c1-23(2)16-32(33(45)17-25(5)35(46)41-34(24(3)4)38(49)43(8)31-21-42(7)22-31)40-37(48)29-18-28(19-30(20-29)44(9)52(10,50)51)36(47)39-26(6)27-14-12-11-13-15-27/h11-15,18-20,23-26,31-34,45H,16-17,21-22H2,1-10H3,(H,39,47)(H,40,48)(H,41,46). The van der Waals surface area contributed by atoms with Crippen molar-refractivity contribution in [2.75, 3.05) is 44.8 Å². The topological polar surface area (TPSA) is 168 Å². The molecule has 1 heterocycles. The lowest BCUT2D eigenvalue weighted by Crippen LogP contribution is -2.62. The van der Waals surface area contributed by atoms with E-state index in [0.29, 0.717) is 6.42 Å². The summed E-state index contributed by atoms with van der Waals surface area (Å²) >= 11 is 0. The van der Waals surface area contributed by atoms with Crippen molar-refractivity contribution in [2.45, 2.75) is 84.7 Å². The number of likely N-dealkylation sites (tertiary alicyclic amines) is 1. The molecule has 0 radical (unpaired) electrons. The first-order chi connectivity index (χ1) is 24.2. The monoisotopic (exact) mass is 742 g/mol. The van der Waals surface area contributed by atoms with Crippen molar-refractivity contribution in [3.8, 4) is 0 Å². The van der Waals surface area contributed by atoms with E-state index in [1.807, 2.05) is 72.0 Å². The van der Waals surface area contributed by atoms with Crippen LogP contribution in [0.3, 0.4) is 0 Å². The van der Waals surface area contributed by atoms with Gasteiger partial charge in [-0.15, -0.1) is 0 Å². The number of benzene rings is 2. The highest BCUT2D eigenvalue weighted by molar-refractivity contribution is 7.92. The van der Waals surface area contributed by atoms with E-state index < -0.39 is 45.9 Å². The molecule has 288 valence electrons. The number of hydrogen-bond acceptors (Lipinski definition) is 8. The largest absolute Gasteiger partial charge is 0.391 e. The van der Waals surface area contributed by atoms with Gasteiger partial charge in [0.1, 0.15) is 6.04 Å². The van der Waals surface area contributed by atoms with Gasteiger partial charge < -0.3 is 30.9 Å². The van der Waals surface area contributed by atoms with E-state index in [1.165, 1.54) is 25.2 Å². The molecule has 0 bridgehead atoms. The molecule has 0 aliphatic carbocycles. The van der Waals surface area contributed by atoms with E-state index in [1.54, 1.807) is 18.9 Å². The fourth-order valence-electron chi connectivity index (χ4n) is 6.18. The number of aliphatic hydroxyl groups is 1. The second kappa shape index (κ2) is 18.2. The fraction of sp³-hybridized carbons (Fsp3) is 0.579. The fourth-order valence-corrected chi connectivity index (χ4v) is 6.66. The van der Waals surface area contributed by atoms with E-state index in [2.05, 4.69) is 20.9 Å². The maximum atomic E-state index is 13.8. The third kappa shape index (κ3) is 11.5. The van der Waals surface area contributed by atoms with Crippen LogP contribution < -0.4 is 20.3 Å². The van der Waals surface area contributed by atoms with Crippen LogP contribution in [-0.2, 0) is 19.6 Å². The molecule has 5 atom stereocenters. The van der Waals surface area contributed by atoms with Gasteiger partial charge in [-0.25, -0.2) is 8.42 Å². The van der Waals surface area contributed by atoms with E-state index in [-0.39, 0.29) is 59.0 Å². The summed E-state index contributed by atoms with van der Waals surface area (Å²) in [7, 11) is 1.33. The highest BCUT2D eigenvalue weighted by Gasteiger charge is 2.36. The molecule has 0 spiro atoms. The smallest absolute Gasteiger partial charge is 0.251 e. The first kappa shape index (κ1) is 42.4. The van der Waals surface area contributed by atoms with E-state index in [0.717, 1.165) is 29.2 Å². The zero-order valence-corrected chi connectivity index (χ0v) is 33.0. The Morgan fingerprint density at radius 1 is 0.865 bits per heavy atom. The summed E-state index contributed by atoms with van der Waals surface area (Å²) in [5.74, 6) is -2.46. The van der Waals surface area contributed by atoms with Gasteiger partial charge in [0.15, 0.2) is 0 Å². The molecular formula is C38H58N6O7S. The van der Waals surface area contributed by atoms with Gasteiger partial charge in [-0.2, -0.15) is 0 Å². The Bertz CT molecular complexity index is 1660. The Balaban J connectivity index is 1.80. The van der Waals surface area contributed by atoms with E-state index in [4.69, 9.17) is 0 Å². The molecular weight excluding hydrogens is 685 g/mol. The lowest BCUT2D eigenvalue weighted by atomic mass is 9.91. The summed E-state index contributed by atoms with van der Waals surface area (Å²) in [5, 5.41) is 20.1. The number of amides is 4. The lowest BCUT2D eigenvalue weighted by molar-refractivity contribution is -0.141. The number of carbonyl (C=O) groups excluding carboxylic acids is 4. The summed E-state index contributed by atoms with van der Waals surface area (Å²) in [6.07, 6.45) is 0.270. The Morgan fingerprint density at radius 2 is 1.42 bits per heavy atom. The molecule has 1 fully saturated rings. The summed E-state index contributed by atoms with van der Waals surface area (Å²) in [4.78, 5) is 57.8. The van der Waals surface area contributed by atoms with E-state index in [9.17, 15) is 32.7 Å². The number of likely N-dealkylation sites (N-methyl/N-ethyl adjacent to an activating group) is 2. The molecule has 2 aromatic carbocycles. The number of carbonyl (C=O) groups is 4. The van der Waals surface area contributed by atoms with Crippen molar-refractivity contribution in [3.05, 3.63) is 65.2 Å². The lowest BCUT2D eigenvalue weighted by Gasteiger charge is -2.43. The molecule has 1 aliphatic rings. The van der Waals surface area contributed by atoms with Gasteiger partial charge in [-0.3, -0.25) is 23.5 Å². The van der Waals surface area contributed by atoms with Crippen molar-refractivity contribution >= 4 is 39.3 Å². The van der Waals surface area contributed by atoms with Crippen LogP contribution in [-0.4, -0.2) is 112 Å². The van der Waals surface area contributed by atoms with Gasteiger partial charge in [-0.1, -0.05) is 65.0 Å². The molecule has 52 heavy (non-hydrogen) atoms. The van der Waals surface area contributed by atoms with E-state index >= 15 is 0 Å². The molecule has 5 unspecified atom stereocenters. The second-order valence-corrected chi connectivity index (χ2v) is 17.1. The number of aliphatic hydroxyl groups excluding tert-OH is 1. The molecule has 2 aromatic rings. The van der Waals surface area contributed by atoms with Crippen LogP contribution in [0.5, 0.6) is 0 Å². The minimum absolute atomic E-state index is 0.00759. The number of rotatable bonds is 17. The first-order valence-electron chi connectivity index (χ1n) is 17.9. The van der Waals surface area contributed by atoms with Gasteiger partial charge in [-0.05, 0) is 62.4 Å². The Hall–Kier alpha value is -4.01. The van der Waals surface area contributed by atoms with Crippen molar-refractivity contribution in [1.29, 1.82) is 0 Å². The average molecular weight is 743 g/mol. The van der Waals surface area contributed by atoms with Gasteiger partial charge in [0.25, 0.3) is 11.8 Å². The molecule has 3 rings (SSSR count). The van der Waals surface area contributed by atoms with Crippen LogP contribution in [0, 0.1) is 17.8 Å². The van der Waals surface area contributed by atoms with Crippen LogP contribution in [0.2, 0.25) is 0 Å². The third-order valence-corrected chi connectivity index (χ3v) is 10.9. The van der Waals surface area contributed by atoms with Gasteiger partial charge in [0.2, 0.25) is 21.8 Å². The summed E-state index contributed by atoms with van der Waals surface area (Å²) in [5.41, 5.74) is 1.09. The van der Waals surface area contributed by atoms with Crippen molar-refractivity contribution in [3.63, 3.8) is 0 Å². The zero-order valence-electron chi connectivity index (χ0n) is 32.2. The predicted octanol–water partition coefficient (Wildman–Crippen LogP) is 3.02. The number of hydrogen-bond donors (Lipinski definition) is 4. The average Bonchev–Trinajstić information content (AvgIpc) is 3.06. The number of sulfonamides is 1. The Morgan fingerprint density at radius 3 is 1.92 bits per heavy atom. The van der Waals surface area contributed by atoms with Crippen molar-refractivity contribution < 1.29 is 32.7 Å². The number of anilines is 1. The maximum Gasteiger partial charge on any atom is 0.251 e. The van der Waals surface area contributed by atoms with Crippen LogP contribution in [0.15, 0.2) is 48.5 Å². The Labute approximate surface area is 309 Å². The third-order valence-electron chi connectivity index (χ3n) is 9.67. The molecule has 4 amide bonds. The van der Waals surface area contributed by atoms with Crippen molar-refractivity contribution in [2.24, 2.45) is 17.8 Å². The summed E-state index contributed by atoms with van der Waals surface area (Å²) < 4.78 is 25.9. The molecule has 1 saturated heterocycles. The molecule has 0 aromatic heterocycles. The number of nitrogens with one attached hydrogen (secondary N) is 3. The Kier molecular flexibility index (Phi) is 14.8. The molecule has 1 aliphatic heterocycles. The van der Waals surface area contributed by atoms with Crippen LogP contribution in [0.4, 0.5) is 5.69 Å². The summed E-state index contributed by atoms with van der Waals surface area (Å²) in [6.45, 7) is 12.7. The highest BCUT2D eigenvalue weighted by atomic mass is 32.2. The maximum absolute atomic E-state index is 13.8. The second-order valence-electron chi connectivity index (χ2n) is 15.1.